The number of pyridine rings is 1. The van der Waals surface area contributed by atoms with E-state index in [-0.39, 0.29) is 0 Å². The van der Waals surface area contributed by atoms with Gasteiger partial charge in [-0.2, -0.15) is 0 Å². The minimum Gasteiger partial charge on any atom is -0.373 e. The van der Waals surface area contributed by atoms with E-state index in [1.54, 1.807) is 12.5 Å². The van der Waals surface area contributed by atoms with Gasteiger partial charge in [-0.3, -0.25) is 4.57 Å². The van der Waals surface area contributed by atoms with E-state index < -0.39 is 0 Å². The van der Waals surface area contributed by atoms with Crippen LogP contribution in [0, 0.1) is 0 Å². The number of nitrogens with one attached hydrogen (secondary N) is 2. The van der Waals surface area contributed by atoms with E-state index in [2.05, 4.69) is 33.6 Å². The summed E-state index contributed by atoms with van der Waals surface area (Å²) in [7, 11) is 0. The number of fused-ring (bicyclic) bond motifs is 2. The Kier molecular flexibility index (Phi) is 4.65. The van der Waals surface area contributed by atoms with Crippen molar-refractivity contribution in [2.45, 2.75) is 51.0 Å². The average Bonchev–Trinajstić information content (AvgIpc) is 3.38. The van der Waals surface area contributed by atoms with Crippen molar-refractivity contribution in [3.63, 3.8) is 0 Å². The van der Waals surface area contributed by atoms with Crippen LogP contribution in [-0.2, 0) is 11.3 Å². The monoisotopic (exact) mass is 340 g/mol. The van der Waals surface area contributed by atoms with Gasteiger partial charge in [-0.1, -0.05) is 6.07 Å². The van der Waals surface area contributed by atoms with Gasteiger partial charge in [0.1, 0.15) is 12.1 Å². The highest BCUT2D eigenvalue weighted by molar-refractivity contribution is 5.80. The molecule has 0 aromatic carbocycles. The van der Waals surface area contributed by atoms with E-state index in [9.17, 15) is 0 Å². The molecular weight excluding hydrogens is 316 g/mol. The van der Waals surface area contributed by atoms with Gasteiger partial charge in [-0.15, -0.1) is 0 Å². The van der Waals surface area contributed by atoms with Gasteiger partial charge >= 0.3 is 0 Å². The zero-order chi connectivity index (χ0) is 17.1. The fourth-order valence-corrected chi connectivity index (χ4v) is 3.51. The Morgan fingerprint density at radius 1 is 1.40 bits per heavy atom. The maximum Gasteiger partial charge on any atom is 0.191 e. The van der Waals surface area contributed by atoms with Crippen molar-refractivity contribution in [1.82, 2.24) is 25.2 Å². The molecule has 2 saturated heterocycles. The third kappa shape index (κ3) is 3.66. The summed E-state index contributed by atoms with van der Waals surface area (Å²) in [5.74, 6) is 1.71. The third-order valence-electron chi connectivity index (χ3n) is 4.77. The molecule has 132 valence electrons. The Morgan fingerprint density at radius 3 is 3.00 bits per heavy atom. The highest BCUT2D eigenvalue weighted by Crippen LogP contribution is 2.34. The molecule has 3 unspecified atom stereocenters. The summed E-state index contributed by atoms with van der Waals surface area (Å²) in [4.78, 5) is 13.2. The maximum absolute atomic E-state index is 5.91. The second-order valence-corrected chi connectivity index (χ2v) is 6.55. The predicted octanol–water partition coefficient (Wildman–Crippen LogP) is 1.64. The number of nitrogens with zero attached hydrogens (tertiary/aromatic N) is 4. The molecular formula is C18H24N6O. The number of rotatable bonds is 5. The number of imidazole rings is 1. The van der Waals surface area contributed by atoms with E-state index in [4.69, 9.17) is 9.73 Å². The van der Waals surface area contributed by atoms with E-state index in [1.807, 2.05) is 23.0 Å². The molecule has 2 aromatic heterocycles. The molecule has 2 aromatic rings. The predicted molar refractivity (Wildman–Crippen MR) is 95.6 cm³/mol. The largest absolute Gasteiger partial charge is 0.373 e. The van der Waals surface area contributed by atoms with E-state index in [0.29, 0.717) is 24.8 Å². The van der Waals surface area contributed by atoms with E-state index in [0.717, 1.165) is 36.7 Å². The summed E-state index contributed by atoms with van der Waals surface area (Å²) in [6.45, 7) is 3.51. The van der Waals surface area contributed by atoms with Gasteiger partial charge in [-0.25, -0.2) is 15.0 Å². The van der Waals surface area contributed by atoms with Crippen LogP contribution in [0.4, 0.5) is 0 Å². The van der Waals surface area contributed by atoms with Crippen molar-refractivity contribution >= 4 is 5.96 Å². The van der Waals surface area contributed by atoms with Gasteiger partial charge < -0.3 is 15.4 Å². The standard InChI is InChI=1S/C18H24N6O/c1-2-20-18(23-15-9-14-4-5-16(15)25-14)22-11-13-3-6-17(21-10-13)24-8-7-19-12-24/h3,6-8,10,12,14-16H,2,4-5,9,11H2,1H3,(H2,20,22,23). The van der Waals surface area contributed by atoms with E-state index >= 15 is 0 Å². The molecule has 0 spiro atoms. The molecule has 4 heterocycles. The van der Waals surface area contributed by atoms with Crippen LogP contribution in [0.5, 0.6) is 0 Å². The lowest BCUT2D eigenvalue weighted by Gasteiger charge is -2.22. The first kappa shape index (κ1) is 16.1. The van der Waals surface area contributed by atoms with Crippen molar-refractivity contribution in [2.75, 3.05) is 6.54 Å². The second-order valence-electron chi connectivity index (χ2n) is 6.55. The second kappa shape index (κ2) is 7.23. The summed E-state index contributed by atoms with van der Waals surface area (Å²) in [5.41, 5.74) is 1.07. The number of ether oxygens (including phenoxy) is 1. The highest BCUT2D eigenvalue weighted by Gasteiger charge is 2.41. The third-order valence-corrected chi connectivity index (χ3v) is 4.77. The first-order valence-electron chi connectivity index (χ1n) is 8.95. The van der Waals surface area contributed by atoms with Crippen LogP contribution in [0.25, 0.3) is 5.82 Å². The number of hydrogen-bond donors (Lipinski definition) is 2. The lowest BCUT2D eigenvalue weighted by molar-refractivity contribution is 0.0992. The lowest BCUT2D eigenvalue weighted by atomic mass is 9.96. The fourth-order valence-electron chi connectivity index (χ4n) is 3.51. The van der Waals surface area contributed by atoms with Crippen LogP contribution in [0.15, 0.2) is 42.0 Å². The summed E-state index contributed by atoms with van der Waals surface area (Å²) in [5, 5.41) is 6.86. The van der Waals surface area contributed by atoms with Crippen molar-refractivity contribution < 1.29 is 4.74 Å². The molecule has 7 heteroatoms. The maximum atomic E-state index is 5.91. The minimum absolute atomic E-state index is 0.338. The molecule has 2 bridgehead atoms. The SMILES string of the molecule is CCNC(=NCc1ccc(-n2ccnc2)nc1)NC1CC2CCC1O2. The quantitative estimate of drug-likeness (QED) is 0.639. The molecule has 2 fully saturated rings. The van der Waals surface area contributed by atoms with Crippen LogP contribution in [0.1, 0.15) is 31.7 Å². The van der Waals surface area contributed by atoms with Crippen LogP contribution in [0.2, 0.25) is 0 Å². The molecule has 7 nitrogen and oxygen atoms in total. The molecule has 0 amide bonds. The van der Waals surface area contributed by atoms with E-state index in [1.165, 1.54) is 6.42 Å². The molecule has 25 heavy (non-hydrogen) atoms. The molecule has 0 saturated carbocycles. The van der Waals surface area contributed by atoms with Gasteiger partial charge in [0.25, 0.3) is 0 Å². The van der Waals surface area contributed by atoms with Crippen LogP contribution < -0.4 is 10.6 Å². The molecule has 0 aliphatic carbocycles. The Morgan fingerprint density at radius 2 is 2.36 bits per heavy atom. The lowest BCUT2D eigenvalue weighted by Crippen LogP contribution is -2.47. The van der Waals surface area contributed by atoms with Gasteiger partial charge in [0.2, 0.25) is 0 Å². The highest BCUT2D eigenvalue weighted by atomic mass is 16.5. The molecule has 2 aliphatic rings. The smallest absolute Gasteiger partial charge is 0.191 e. The Hall–Kier alpha value is -2.41. The number of hydrogen-bond acceptors (Lipinski definition) is 4. The Labute approximate surface area is 147 Å². The molecule has 4 rings (SSSR count). The van der Waals surface area contributed by atoms with Crippen molar-refractivity contribution in [3.05, 3.63) is 42.6 Å². The molecule has 2 N–H and O–H groups in total. The normalized spacial score (nSPS) is 25.3. The van der Waals surface area contributed by atoms with Crippen molar-refractivity contribution in [3.8, 4) is 5.82 Å². The summed E-state index contributed by atoms with van der Waals surface area (Å²) in [6, 6.07) is 4.41. The number of aliphatic imine (C=N–C) groups is 1. The minimum atomic E-state index is 0.338. The zero-order valence-corrected chi connectivity index (χ0v) is 14.4. The number of aromatic nitrogens is 3. The zero-order valence-electron chi connectivity index (χ0n) is 14.4. The number of guanidine groups is 1. The van der Waals surface area contributed by atoms with Gasteiger partial charge in [0, 0.05) is 25.1 Å². The van der Waals surface area contributed by atoms with Crippen molar-refractivity contribution in [2.24, 2.45) is 4.99 Å². The topological polar surface area (TPSA) is 76.4 Å². The average molecular weight is 340 g/mol. The van der Waals surface area contributed by atoms with Crippen LogP contribution in [-0.4, -0.2) is 45.3 Å². The Balaban J connectivity index is 1.39. The molecule has 0 radical (unpaired) electrons. The molecule has 2 aliphatic heterocycles. The summed E-state index contributed by atoms with van der Waals surface area (Å²) in [6.07, 6.45) is 11.4. The fraction of sp³-hybridized carbons (Fsp3) is 0.500. The van der Waals surface area contributed by atoms with Gasteiger partial charge in [0.15, 0.2) is 5.96 Å². The van der Waals surface area contributed by atoms with Gasteiger partial charge in [0.05, 0.1) is 24.8 Å². The van der Waals surface area contributed by atoms with Crippen molar-refractivity contribution in [1.29, 1.82) is 0 Å². The van der Waals surface area contributed by atoms with Crippen LogP contribution in [0.3, 0.4) is 0 Å². The Bertz CT molecular complexity index is 712. The van der Waals surface area contributed by atoms with Gasteiger partial charge in [-0.05, 0) is 37.8 Å². The summed E-state index contributed by atoms with van der Waals surface area (Å²) < 4.78 is 7.80. The van der Waals surface area contributed by atoms with Crippen LogP contribution >= 0.6 is 0 Å². The molecule has 3 atom stereocenters. The summed E-state index contributed by atoms with van der Waals surface area (Å²) >= 11 is 0. The first-order chi connectivity index (χ1) is 12.3. The first-order valence-corrected chi connectivity index (χ1v) is 8.95.